The summed E-state index contributed by atoms with van der Waals surface area (Å²) < 4.78 is 14.6. The number of rotatable bonds is 3. The summed E-state index contributed by atoms with van der Waals surface area (Å²) in [5, 5.41) is 14.2. The molecule has 0 bridgehead atoms. The molecule has 2 atom stereocenters. The summed E-state index contributed by atoms with van der Waals surface area (Å²) in [5.41, 5.74) is 0.784. The Bertz CT molecular complexity index is 784. The van der Waals surface area contributed by atoms with Crippen molar-refractivity contribution in [1.82, 2.24) is 14.7 Å². The second-order valence-corrected chi connectivity index (χ2v) is 6.59. The number of amides is 1. The zero-order chi connectivity index (χ0) is 16.2. The summed E-state index contributed by atoms with van der Waals surface area (Å²) in [4.78, 5) is 14.4. The van der Waals surface area contributed by atoms with Crippen LogP contribution in [0.5, 0.6) is 5.75 Å². The average Bonchev–Trinajstić information content (AvgIpc) is 2.90. The molecule has 1 saturated carbocycles. The van der Waals surface area contributed by atoms with E-state index in [4.69, 9.17) is 0 Å². The van der Waals surface area contributed by atoms with Gasteiger partial charge >= 0.3 is 0 Å². The van der Waals surface area contributed by atoms with Crippen LogP contribution in [-0.2, 0) is 0 Å². The Balaban J connectivity index is 1.59. The number of halogens is 1. The molecule has 2 heterocycles. The van der Waals surface area contributed by atoms with Crippen LogP contribution >= 0.6 is 0 Å². The average molecular weight is 315 g/mol. The maximum Gasteiger partial charge on any atom is 0.278 e. The number of fused-ring (bicyclic) bond motifs is 1. The molecule has 4 rings (SSSR count). The van der Waals surface area contributed by atoms with Crippen LogP contribution in [0.15, 0.2) is 30.5 Å². The van der Waals surface area contributed by atoms with E-state index in [-0.39, 0.29) is 22.8 Å². The molecule has 0 spiro atoms. The maximum atomic E-state index is 13.3. The van der Waals surface area contributed by atoms with E-state index in [1.54, 1.807) is 17.0 Å². The van der Waals surface area contributed by atoms with E-state index in [1.165, 1.54) is 29.4 Å². The zero-order valence-electron chi connectivity index (χ0n) is 12.9. The SMILES string of the molecule is CC[C@]12C[C@H]1CN(C(=O)c1nn(-c3cccc(F)c3)cc1O)C2. The van der Waals surface area contributed by atoms with Crippen molar-refractivity contribution in [2.45, 2.75) is 19.8 Å². The number of piperidine rings is 1. The van der Waals surface area contributed by atoms with Crippen molar-refractivity contribution in [3.05, 3.63) is 42.0 Å². The summed E-state index contributed by atoms with van der Waals surface area (Å²) in [5.74, 6) is -0.234. The fraction of sp³-hybridized carbons (Fsp3) is 0.412. The van der Waals surface area contributed by atoms with Crippen molar-refractivity contribution < 1.29 is 14.3 Å². The Morgan fingerprint density at radius 2 is 2.35 bits per heavy atom. The first-order chi connectivity index (χ1) is 11.0. The highest BCUT2D eigenvalue weighted by atomic mass is 19.1. The molecule has 1 amide bonds. The van der Waals surface area contributed by atoms with E-state index >= 15 is 0 Å². The molecule has 6 heteroatoms. The Labute approximate surface area is 133 Å². The summed E-state index contributed by atoms with van der Waals surface area (Å²) in [6, 6.07) is 5.86. The Morgan fingerprint density at radius 1 is 1.52 bits per heavy atom. The van der Waals surface area contributed by atoms with Gasteiger partial charge in [-0.25, -0.2) is 9.07 Å². The number of carbonyl (C=O) groups is 1. The van der Waals surface area contributed by atoms with Gasteiger partial charge in [-0.15, -0.1) is 0 Å². The van der Waals surface area contributed by atoms with E-state index in [9.17, 15) is 14.3 Å². The minimum Gasteiger partial charge on any atom is -0.504 e. The Hall–Kier alpha value is -2.37. The van der Waals surface area contributed by atoms with Crippen molar-refractivity contribution in [2.24, 2.45) is 11.3 Å². The van der Waals surface area contributed by atoms with Crippen LogP contribution in [0.3, 0.4) is 0 Å². The van der Waals surface area contributed by atoms with Gasteiger partial charge in [0.2, 0.25) is 0 Å². The molecule has 5 nitrogen and oxygen atoms in total. The summed E-state index contributed by atoms with van der Waals surface area (Å²) in [6.07, 6.45) is 3.61. The molecular weight excluding hydrogens is 297 g/mol. The van der Waals surface area contributed by atoms with Crippen LogP contribution in [-0.4, -0.2) is 38.8 Å². The van der Waals surface area contributed by atoms with Gasteiger partial charge in [-0.2, -0.15) is 5.10 Å². The molecule has 1 saturated heterocycles. The van der Waals surface area contributed by atoms with Crippen LogP contribution in [0.4, 0.5) is 4.39 Å². The van der Waals surface area contributed by atoms with Gasteiger partial charge in [-0.1, -0.05) is 13.0 Å². The number of aromatic hydroxyl groups is 1. The minimum absolute atomic E-state index is 0.0295. The fourth-order valence-electron chi connectivity index (χ4n) is 3.71. The van der Waals surface area contributed by atoms with E-state index < -0.39 is 5.82 Å². The van der Waals surface area contributed by atoms with Crippen LogP contribution < -0.4 is 0 Å². The molecule has 0 unspecified atom stereocenters. The molecule has 1 aromatic heterocycles. The minimum atomic E-state index is -0.394. The molecule has 2 aliphatic rings. The number of hydrogen-bond donors (Lipinski definition) is 1. The second kappa shape index (κ2) is 4.81. The van der Waals surface area contributed by atoms with Gasteiger partial charge in [-0.05, 0) is 42.4 Å². The van der Waals surface area contributed by atoms with Crippen molar-refractivity contribution >= 4 is 5.91 Å². The highest BCUT2D eigenvalue weighted by molar-refractivity contribution is 5.95. The zero-order valence-corrected chi connectivity index (χ0v) is 12.9. The third kappa shape index (κ3) is 2.20. The Morgan fingerprint density at radius 3 is 3.04 bits per heavy atom. The van der Waals surface area contributed by atoms with E-state index in [1.807, 2.05) is 0 Å². The van der Waals surface area contributed by atoms with Crippen molar-refractivity contribution in [3.63, 3.8) is 0 Å². The number of hydrogen-bond acceptors (Lipinski definition) is 3. The van der Waals surface area contributed by atoms with Gasteiger partial charge in [0.05, 0.1) is 11.9 Å². The van der Waals surface area contributed by atoms with Crippen LogP contribution in [0, 0.1) is 17.2 Å². The molecule has 1 aliphatic carbocycles. The summed E-state index contributed by atoms with van der Waals surface area (Å²) >= 11 is 0. The van der Waals surface area contributed by atoms with Gasteiger partial charge < -0.3 is 10.0 Å². The fourth-order valence-corrected chi connectivity index (χ4v) is 3.71. The van der Waals surface area contributed by atoms with Gasteiger partial charge in [0.1, 0.15) is 5.82 Å². The van der Waals surface area contributed by atoms with Crippen LogP contribution in [0.25, 0.3) is 5.69 Å². The van der Waals surface area contributed by atoms with E-state index in [0.29, 0.717) is 11.6 Å². The van der Waals surface area contributed by atoms with E-state index in [0.717, 1.165) is 19.5 Å². The van der Waals surface area contributed by atoms with Crippen LogP contribution in [0.2, 0.25) is 0 Å². The standard InChI is InChI=1S/C17H18FN3O2/c1-2-17-7-11(17)8-20(10-17)16(23)15-14(22)9-21(19-15)13-5-3-4-12(18)6-13/h3-6,9,11,22H,2,7-8,10H2,1H3/t11-,17+/m0/s1. The lowest BCUT2D eigenvalue weighted by Crippen LogP contribution is -2.32. The number of nitrogens with zero attached hydrogens (tertiary/aromatic N) is 3. The third-order valence-corrected chi connectivity index (χ3v) is 5.27. The quantitative estimate of drug-likeness (QED) is 0.947. The number of aromatic nitrogens is 2. The highest BCUT2D eigenvalue weighted by Gasteiger charge is 2.59. The second-order valence-electron chi connectivity index (χ2n) is 6.59. The third-order valence-electron chi connectivity index (χ3n) is 5.27. The predicted octanol–water partition coefficient (Wildman–Crippen LogP) is 2.59. The molecule has 2 aromatic rings. The number of likely N-dealkylation sites (tertiary alicyclic amines) is 1. The van der Waals surface area contributed by atoms with E-state index in [2.05, 4.69) is 12.0 Å². The maximum absolute atomic E-state index is 13.3. The lowest BCUT2D eigenvalue weighted by Gasteiger charge is -2.19. The van der Waals surface area contributed by atoms with Crippen LogP contribution in [0.1, 0.15) is 30.3 Å². The molecule has 2 fully saturated rings. The normalized spacial score (nSPS) is 25.5. The smallest absolute Gasteiger partial charge is 0.278 e. The Kier molecular flexibility index (Phi) is 2.98. The first-order valence-corrected chi connectivity index (χ1v) is 7.86. The van der Waals surface area contributed by atoms with Gasteiger partial charge in [0, 0.05) is 13.1 Å². The highest BCUT2D eigenvalue weighted by Crippen LogP contribution is 2.60. The summed E-state index contributed by atoms with van der Waals surface area (Å²) in [6.45, 7) is 3.63. The predicted molar refractivity (Wildman–Crippen MR) is 81.9 cm³/mol. The molecule has 1 aliphatic heterocycles. The lowest BCUT2D eigenvalue weighted by molar-refractivity contribution is 0.0754. The van der Waals surface area contributed by atoms with Gasteiger partial charge in [-0.3, -0.25) is 4.79 Å². The number of carbonyl (C=O) groups excluding carboxylic acids is 1. The number of benzene rings is 1. The molecule has 1 N–H and O–H groups in total. The topological polar surface area (TPSA) is 58.4 Å². The van der Waals surface area contributed by atoms with Crippen molar-refractivity contribution in [2.75, 3.05) is 13.1 Å². The molecule has 23 heavy (non-hydrogen) atoms. The lowest BCUT2D eigenvalue weighted by atomic mass is 10.0. The molecule has 0 radical (unpaired) electrons. The van der Waals surface area contributed by atoms with Crippen molar-refractivity contribution in [3.8, 4) is 11.4 Å². The largest absolute Gasteiger partial charge is 0.504 e. The monoisotopic (exact) mass is 315 g/mol. The molecular formula is C17H18FN3O2. The molecule has 120 valence electrons. The van der Waals surface area contributed by atoms with Gasteiger partial charge in [0.25, 0.3) is 5.91 Å². The molecule has 1 aromatic carbocycles. The first-order valence-electron chi connectivity index (χ1n) is 7.86. The van der Waals surface area contributed by atoms with Crippen molar-refractivity contribution in [1.29, 1.82) is 0 Å². The van der Waals surface area contributed by atoms with Gasteiger partial charge in [0.15, 0.2) is 11.4 Å². The summed E-state index contributed by atoms with van der Waals surface area (Å²) in [7, 11) is 0. The first kappa shape index (κ1) is 14.2.